The number of carbonyl (C=O) groups excluding carboxylic acids is 1. The molecule has 292 valence electrons. The zero-order valence-corrected chi connectivity index (χ0v) is 33.8. The van der Waals surface area contributed by atoms with E-state index in [1.165, 1.54) is 38.5 Å². The molecule has 2 heterocycles. The van der Waals surface area contributed by atoms with Crippen LogP contribution in [0.1, 0.15) is 120 Å². The molecule has 9 heteroatoms. The summed E-state index contributed by atoms with van der Waals surface area (Å²) in [5.74, 6) is 1.98. The van der Waals surface area contributed by atoms with Crippen LogP contribution in [0, 0.1) is 56.7 Å². The second-order valence-electron chi connectivity index (χ2n) is 20.3. The molecule has 0 bridgehead atoms. The van der Waals surface area contributed by atoms with Crippen LogP contribution in [0.25, 0.3) is 0 Å². The minimum atomic E-state index is -0.745. The molecule has 3 N–H and O–H groups in total. The Bertz CT molecular complexity index is 1290. The van der Waals surface area contributed by atoms with Gasteiger partial charge in [0.2, 0.25) is 0 Å². The molecule has 13 atom stereocenters. The molecule has 7 fully saturated rings. The highest BCUT2D eigenvalue weighted by atomic mass is 16.7. The lowest BCUT2D eigenvalue weighted by Gasteiger charge is -2.64. The van der Waals surface area contributed by atoms with Crippen LogP contribution in [-0.2, 0) is 18.9 Å². The predicted octanol–water partition coefficient (Wildman–Crippen LogP) is 6.69. The number of hydrogen-bond donors (Lipinski definition) is 2. The van der Waals surface area contributed by atoms with E-state index in [0.29, 0.717) is 46.6 Å². The van der Waals surface area contributed by atoms with Crippen LogP contribution >= 0.6 is 0 Å². The van der Waals surface area contributed by atoms with Gasteiger partial charge in [-0.2, -0.15) is 0 Å². The van der Waals surface area contributed by atoms with Crippen LogP contribution in [0.3, 0.4) is 0 Å². The topological polar surface area (TPSA) is 107 Å². The van der Waals surface area contributed by atoms with Gasteiger partial charge in [-0.1, -0.05) is 48.5 Å². The first-order valence-corrected chi connectivity index (χ1v) is 20.9. The van der Waals surface area contributed by atoms with E-state index in [-0.39, 0.29) is 52.9 Å². The Morgan fingerprint density at radius 1 is 0.961 bits per heavy atom. The molecule has 51 heavy (non-hydrogen) atoms. The summed E-state index contributed by atoms with van der Waals surface area (Å²) in [5, 5.41) is 12.2. The third kappa shape index (κ3) is 5.78. The number of methoxy groups -OCH3 is 1. The minimum Gasteiger partial charge on any atom is -0.443 e. The van der Waals surface area contributed by atoms with E-state index >= 15 is 0 Å². The van der Waals surface area contributed by atoms with Crippen molar-refractivity contribution in [2.75, 3.05) is 39.9 Å². The molecule has 2 spiro atoms. The normalized spacial score (nSPS) is 45.6. The molecule has 1 amide bonds. The SMILES string of the molecule is COC(C[C@@H](C)[C@H]1C[C@H](O)[C@@]2(C)C3CC[C@H]4C(C)(C)[C@@H](O[C@H]5CN(C6CN(C(C)C)C6)CCO5)CC[C@@]45CC35CC[C@]12C)[C@H](OC(N)=O)C(C)C. The van der Waals surface area contributed by atoms with Crippen LogP contribution in [0.4, 0.5) is 4.79 Å². The summed E-state index contributed by atoms with van der Waals surface area (Å²) in [5.41, 5.74) is 6.20. The van der Waals surface area contributed by atoms with E-state index in [1.807, 2.05) is 0 Å². The third-order valence-electron chi connectivity index (χ3n) is 17.6. The number of morpholine rings is 1. The van der Waals surface area contributed by atoms with Crippen molar-refractivity contribution in [2.45, 2.75) is 163 Å². The summed E-state index contributed by atoms with van der Waals surface area (Å²) in [4.78, 5) is 17.0. The van der Waals surface area contributed by atoms with E-state index in [2.05, 4.69) is 72.1 Å². The number of fused-ring (bicyclic) bond motifs is 2. The minimum absolute atomic E-state index is 0.0429. The van der Waals surface area contributed by atoms with Gasteiger partial charge in [-0.3, -0.25) is 9.80 Å². The molecule has 0 aromatic rings. The summed E-state index contributed by atoms with van der Waals surface area (Å²) in [6, 6.07) is 1.25. The predicted molar refractivity (Wildman–Crippen MR) is 199 cm³/mol. The Labute approximate surface area is 309 Å². The van der Waals surface area contributed by atoms with Crippen LogP contribution in [0.5, 0.6) is 0 Å². The van der Waals surface area contributed by atoms with Gasteiger partial charge < -0.3 is 29.8 Å². The average Bonchev–Trinajstić information content (AvgIpc) is 3.66. The van der Waals surface area contributed by atoms with Crippen LogP contribution in [0.15, 0.2) is 0 Å². The highest BCUT2D eigenvalue weighted by molar-refractivity contribution is 5.64. The van der Waals surface area contributed by atoms with Crippen molar-refractivity contribution in [1.29, 1.82) is 0 Å². The average molecular weight is 716 g/mol. The van der Waals surface area contributed by atoms with E-state index in [9.17, 15) is 9.90 Å². The van der Waals surface area contributed by atoms with Gasteiger partial charge in [0.1, 0.15) is 6.10 Å². The van der Waals surface area contributed by atoms with Gasteiger partial charge in [-0.15, -0.1) is 0 Å². The van der Waals surface area contributed by atoms with Crippen molar-refractivity contribution in [3.8, 4) is 0 Å². The van der Waals surface area contributed by atoms with Gasteiger partial charge in [0.15, 0.2) is 6.29 Å². The van der Waals surface area contributed by atoms with Gasteiger partial charge in [0.05, 0.1) is 24.9 Å². The Morgan fingerprint density at radius 2 is 1.65 bits per heavy atom. The zero-order chi connectivity index (χ0) is 36.9. The van der Waals surface area contributed by atoms with Crippen molar-refractivity contribution in [3.63, 3.8) is 0 Å². The number of aliphatic hydroxyl groups is 1. The van der Waals surface area contributed by atoms with Gasteiger partial charge in [0.25, 0.3) is 0 Å². The number of likely N-dealkylation sites (tertiary alicyclic amines) is 1. The molecule has 7 aliphatic rings. The molecule has 3 unspecified atom stereocenters. The largest absolute Gasteiger partial charge is 0.443 e. The lowest BCUT2D eigenvalue weighted by atomic mass is 9.41. The van der Waals surface area contributed by atoms with Crippen LogP contribution in [-0.4, -0.2) is 104 Å². The van der Waals surface area contributed by atoms with E-state index in [1.54, 1.807) is 7.11 Å². The molecule has 2 saturated heterocycles. The lowest BCUT2D eigenvalue weighted by molar-refractivity contribution is -0.253. The van der Waals surface area contributed by atoms with Gasteiger partial charge >= 0.3 is 6.09 Å². The highest BCUT2D eigenvalue weighted by Gasteiger charge is 2.83. The molecule has 2 aliphatic heterocycles. The van der Waals surface area contributed by atoms with Crippen LogP contribution in [0.2, 0.25) is 0 Å². The number of hydrogen-bond acceptors (Lipinski definition) is 8. The fraction of sp³-hybridized carbons (Fsp3) is 0.976. The third-order valence-corrected chi connectivity index (χ3v) is 17.6. The molecule has 5 saturated carbocycles. The van der Waals surface area contributed by atoms with E-state index in [0.717, 1.165) is 52.0 Å². The number of primary amides is 1. The summed E-state index contributed by atoms with van der Waals surface area (Å²) >= 11 is 0. The molecule has 0 aromatic carbocycles. The molecular formula is C42H73N3O6. The first kappa shape index (κ1) is 38.3. The van der Waals surface area contributed by atoms with E-state index < -0.39 is 6.09 Å². The molecule has 7 rings (SSSR count). The second-order valence-corrected chi connectivity index (χ2v) is 20.3. The van der Waals surface area contributed by atoms with Crippen LogP contribution < -0.4 is 5.73 Å². The zero-order valence-electron chi connectivity index (χ0n) is 33.8. The number of amides is 1. The molecule has 5 aliphatic carbocycles. The maximum Gasteiger partial charge on any atom is 0.404 e. The number of ether oxygens (including phenoxy) is 4. The van der Waals surface area contributed by atoms with Crippen molar-refractivity contribution >= 4 is 6.09 Å². The number of carbonyl (C=O) groups is 1. The van der Waals surface area contributed by atoms with Crippen molar-refractivity contribution in [3.05, 3.63) is 0 Å². The summed E-state index contributed by atoms with van der Waals surface area (Å²) in [6.45, 7) is 26.1. The first-order chi connectivity index (χ1) is 23.9. The quantitative estimate of drug-likeness (QED) is 0.244. The maximum atomic E-state index is 12.2. The van der Waals surface area contributed by atoms with Crippen molar-refractivity contribution < 1.29 is 28.8 Å². The fourth-order valence-corrected chi connectivity index (χ4v) is 14.6. The Hall–Kier alpha value is -0.970. The van der Waals surface area contributed by atoms with Gasteiger partial charge in [-0.05, 0) is 123 Å². The number of aliphatic hydroxyl groups excluding tert-OH is 1. The summed E-state index contributed by atoms with van der Waals surface area (Å²) in [7, 11) is 1.72. The molecular weight excluding hydrogens is 642 g/mol. The Balaban J connectivity index is 1.04. The smallest absolute Gasteiger partial charge is 0.404 e. The molecule has 9 nitrogen and oxygen atoms in total. The second kappa shape index (κ2) is 13.4. The molecule has 0 radical (unpaired) electrons. The standard InChI is InChI=1S/C42H73N3O6/c1-25(2)36(51-37(43)47)30(48-10)19-27(5)29-20-33(46)40(9)32-12-11-31-38(6,7)34(13-14-41(31)24-42(32,41)16-15-39(29,40)8)50-35-23-44(17-18-49-35)28-21-45(22-28)26(3)4/h25-36,46H,11-24H2,1-10H3,(H2,43,47)/t27-,29-,30?,31+,32?,33+,34+,35+,36-,39-,40-,41-,42?/m1/s1. The Kier molecular flexibility index (Phi) is 10.0. The fourth-order valence-electron chi connectivity index (χ4n) is 14.6. The molecule has 0 aromatic heterocycles. The maximum absolute atomic E-state index is 12.2. The number of nitrogens with two attached hydrogens (primary N) is 1. The van der Waals surface area contributed by atoms with Gasteiger partial charge in [-0.25, -0.2) is 4.79 Å². The van der Waals surface area contributed by atoms with Gasteiger partial charge in [0, 0.05) is 50.8 Å². The number of rotatable bonds is 11. The van der Waals surface area contributed by atoms with E-state index in [4.69, 9.17) is 24.7 Å². The van der Waals surface area contributed by atoms with Crippen molar-refractivity contribution in [2.24, 2.45) is 62.4 Å². The summed E-state index contributed by atoms with van der Waals surface area (Å²) < 4.78 is 24.9. The Morgan fingerprint density at radius 3 is 2.29 bits per heavy atom. The monoisotopic (exact) mass is 716 g/mol. The summed E-state index contributed by atoms with van der Waals surface area (Å²) in [6.07, 6.45) is 8.62. The highest BCUT2D eigenvalue weighted by Crippen LogP contribution is 2.89. The number of nitrogens with zero attached hydrogens (tertiary/aromatic N) is 2. The van der Waals surface area contributed by atoms with Crippen molar-refractivity contribution in [1.82, 2.24) is 9.80 Å². The first-order valence-electron chi connectivity index (χ1n) is 20.9. The lowest BCUT2D eigenvalue weighted by Crippen LogP contribution is -2.64.